The number of esters is 1. The summed E-state index contributed by atoms with van der Waals surface area (Å²) < 4.78 is 93.0. The summed E-state index contributed by atoms with van der Waals surface area (Å²) in [6.45, 7) is -7.94. The number of ether oxygens (including phenoxy) is 16. The zero-order chi connectivity index (χ0) is 64.6. The van der Waals surface area contributed by atoms with Crippen LogP contribution in [0, 0.1) is 3.57 Å². The lowest BCUT2D eigenvalue weighted by molar-refractivity contribution is -0.398. The van der Waals surface area contributed by atoms with Crippen LogP contribution in [0.4, 0.5) is 0 Å². The number of hydrogen-bond donors (Lipinski definition) is 20. The highest BCUT2D eigenvalue weighted by atomic mass is 127. The number of rotatable bonds is 11. The smallest absolute Gasteiger partial charge is 0.338 e. The van der Waals surface area contributed by atoms with Gasteiger partial charge in [-0.05, 0) is 34.2 Å². The van der Waals surface area contributed by atoms with Gasteiger partial charge in [0.15, 0.2) is 44.0 Å². The van der Waals surface area contributed by atoms with E-state index in [1.54, 1.807) is 0 Å². The molecule has 15 heterocycles. The fraction of sp³-hybridized carbons (Fsp3) is 0.863. The van der Waals surface area contributed by atoms with Crippen LogP contribution in [-0.2, 0) is 82.4 Å². The first-order valence-electron chi connectivity index (χ1n) is 28.2. The van der Waals surface area contributed by atoms with E-state index < -0.39 is 274 Å². The summed E-state index contributed by atoms with van der Waals surface area (Å²) >= 11 is 1.83. The molecule has 38 heteroatoms. The standard InChI is InChI=1S/C51H77IO37/c1-74-44(73)14-4-2-3-13(22(14)52)12-75-43-35(72)42-21(11-59)82-51(43)89-41-20(10-58)81-49(34(71)28(41)65)87-39-18(8-56)79-47(32(69)26(39)63)85-37-16(6-54)77-45(30(67)24(37)61)83-36-15(5-53)76-46(29(66)23(36)60)84-38-17(7-55)78-48(31(68)25(38)62)86-40-19(9-57)80-50(88-42)33(70)27(40)64/h2-4,15-21,23-43,45-51,53-72H,5-12H2,1H3/t15-,16-,17-,18-,19-,20-,21-,23+,24-,25+,26-,27+,28-,29+,30-,31+,32-,33+,34-,35+,36-,37-,38-,39-,40-,41-,42-,43-,45-,46-,47-,48-,49-,50-,51-/m1/s1. The lowest BCUT2D eigenvalue weighted by atomic mass is 9.95. The molecule has 37 nitrogen and oxygen atoms in total. The summed E-state index contributed by atoms with van der Waals surface area (Å²) in [6, 6.07) is 4.46. The van der Waals surface area contributed by atoms with E-state index in [9.17, 15) is 107 Å². The van der Waals surface area contributed by atoms with Gasteiger partial charge in [0.05, 0.1) is 65.5 Å². The Morgan fingerprint density at radius 2 is 0.596 bits per heavy atom. The van der Waals surface area contributed by atoms with Gasteiger partial charge in [0.25, 0.3) is 0 Å². The highest BCUT2D eigenvalue weighted by Gasteiger charge is 2.60. The maximum absolute atomic E-state index is 12.6. The first-order valence-corrected chi connectivity index (χ1v) is 29.3. The topological polar surface area (TPSA) is 569 Å². The molecule has 15 fully saturated rings. The average Bonchev–Trinajstić information content (AvgIpc) is 1.20. The minimum absolute atomic E-state index is 0.0982. The van der Waals surface area contributed by atoms with E-state index in [0.717, 1.165) is 7.11 Å². The first kappa shape index (κ1) is 71.3. The van der Waals surface area contributed by atoms with Crippen LogP contribution < -0.4 is 0 Å². The van der Waals surface area contributed by atoms with E-state index >= 15 is 0 Å². The fourth-order valence-electron chi connectivity index (χ4n) is 11.7. The Hall–Kier alpha value is -1.98. The van der Waals surface area contributed by atoms with Gasteiger partial charge >= 0.3 is 5.97 Å². The number of aliphatic hydroxyl groups excluding tert-OH is 20. The van der Waals surface area contributed by atoms with Crippen molar-refractivity contribution in [2.75, 3.05) is 53.4 Å². The maximum atomic E-state index is 12.6. The Bertz CT molecular complexity index is 2400. The number of carbonyl (C=O) groups excluding carboxylic acids is 1. The lowest BCUT2D eigenvalue weighted by Crippen LogP contribution is -2.68. The predicted octanol–water partition coefficient (Wildman–Crippen LogP) is -12.6. The van der Waals surface area contributed by atoms with Gasteiger partial charge in [-0.2, -0.15) is 0 Å². The molecule has 0 aromatic heterocycles. The Morgan fingerprint density at radius 1 is 0.360 bits per heavy atom. The molecule has 16 rings (SSSR count). The predicted molar refractivity (Wildman–Crippen MR) is 282 cm³/mol. The Morgan fingerprint density at radius 3 is 0.843 bits per heavy atom. The minimum atomic E-state index is -2.24. The SMILES string of the molecule is COC(=O)c1cccc(CO[C@H]2[C@H]3O[C@H]4[C@H](O)[C@@H](O)[C@@H](O[C@H]5[C@H](O)[C@@H](O)[C@@H](O[C@H]6[C@H](O)[C@@H](O)[C@@H](O[C@H]7[C@@H](O)[C@H](O)[C@@H](O[C@H]8[C@@H](O)[C@H](O)[C@@H](O[C@H]9[C@@H](O)[C@H](O)[C@@H](O[C@@H]([C@@H]2O)[C@@H](CO)O3)O[C@@H]9CO)O[C@@H]8CO)O[C@@H]7CO)O[C@@H]6CO)O[C@@H]5CO)O[C@@H]4CO)c1I. The monoisotopic (exact) mass is 1410 g/mol. The van der Waals surface area contributed by atoms with E-state index in [1.165, 1.54) is 18.2 Å². The van der Waals surface area contributed by atoms with Gasteiger partial charge < -0.3 is 178 Å². The van der Waals surface area contributed by atoms with E-state index in [2.05, 4.69) is 0 Å². The molecule has 1 aromatic carbocycles. The van der Waals surface area contributed by atoms with Gasteiger partial charge in [-0.1, -0.05) is 12.1 Å². The minimum Gasteiger partial charge on any atom is -0.465 e. The number of hydrogen-bond acceptors (Lipinski definition) is 37. The zero-order valence-electron chi connectivity index (χ0n) is 46.9. The maximum Gasteiger partial charge on any atom is 0.338 e. The molecule has 510 valence electrons. The molecule has 0 aliphatic carbocycles. The van der Waals surface area contributed by atoms with Crippen LogP contribution in [0.15, 0.2) is 18.2 Å². The van der Waals surface area contributed by atoms with Gasteiger partial charge in [-0.15, -0.1) is 0 Å². The summed E-state index contributed by atoms with van der Waals surface area (Å²) in [5.41, 5.74) is 0.400. The summed E-state index contributed by atoms with van der Waals surface area (Å²) in [5.74, 6) is -0.731. The van der Waals surface area contributed by atoms with Crippen molar-refractivity contribution in [1.82, 2.24) is 0 Å². The molecule has 0 radical (unpaired) electrons. The van der Waals surface area contributed by atoms with Crippen LogP contribution in [0.25, 0.3) is 0 Å². The van der Waals surface area contributed by atoms with Crippen molar-refractivity contribution in [3.63, 3.8) is 0 Å². The molecule has 15 aliphatic rings. The molecule has 1 aromatic rings. The zero-order valence-corrected chi connectivity index (χ0v) is 49.0. The summed E-state index contributed by atoms with van der Waals surface area (Å²) in [7, 11) is 1.15. The number of carbonyl (C=O) groups is 1. The Labute approximate surface area is 517 Å². The molecule has 35 atom stereocenters. The van der Waals surface area contributed by atoms with E-state index in [-0.39, 0.29) is 5.56 Å². The van der Waals surface area contributed by atoms with Crippen molar-refractivity contribution in [3.05, 3.63) is 32.9 Å². The molecule has 0 spiro atoms. The quantitative estimate of drug-likeness (QED) is 0.0723. The third-order valence-electron chi connectivity index (χ3n) is 16.7. The van der Waals surface area contributed by atoms with Crippen molar-refractivity contribution < 1.29 is 183 Å². The van der Waals surface area contributed by atoms with Gasteiger partial charge in [-0.3, -0.25) is 0 Å². The van der Waals surface area contributed by atoms with E-state index in [1.807, 2.05) is 22.6 Å². The normalized spacial score (nSPS) is 49.4. The molecule has 89 heavy (non-hydrogen) atoms. The van der Waals surface area contributed by atoms with Crippen LogP contribution in [0.2, 0.25) is 0 Å². The second-order valence-electron chi connectivity index (χ2n) is 22.2. The van der Waals surface area contributed by atoms with Crippen molar-refractivity contribution in [3.8, 4) is 0 Å². The third-order valence-corrected chi connectivity index (χ3v) is 17.9. The number of aliphatic hydroxyl groups is 20. The van der Waals surface area contributed by atoms with Crippen molar-refractivity contribution in [1.29, 1.82) is 0 Å². The molecular weight excluding hydrogens is 1330 g/mol. The molecule has 15 saturated heterocycles. The molecular formula is C51H77IO37. The van der Waals surface area contributed by atoms with Gasteiger partial charge in [-0.25, -0.2) is 4.79 Å². The van der Waals surface area contributed by atoms with Crippen molar-refractivity contribution in [2.24, 2.45) is 0 Å². The highest BCUT2D eigenvalue weighted by Crippen LogP contribution is 2.40. The summed E-state index contributed by atoms with van der Waals surface area (Å²) in [6.07, 6.45) is -70.6. The van der Waals surface area contributed by atoms with Crippen LogP contribution in [0.3, 0.4) is 0 Å². The Balaban J connectivity index is 1.04. The number of benzene rings is 1. The molecule has 14 bridgehead atoms. The number of fused-ring (bicyclic) bond motifs is 7. The van der Waals surface area contributed by atoms with E-state index in [4.69, 9.17) is 75.8 Å². The fourth-order valence-corrected chi connectivity index (χ4v) is 12.5. The third kappa shape index (κ3) is 14.4. The van der Waals surface area contributed by atoms with Crippen molar-refractivity contribution >= 4 is 28.6 Å². The Kier molecular flexibility index (Phi) is 24.7. The molecule has 20 N–H and O–H groups in total. The summed E-state index contributed by atoms with van der Waals surface area (Å²) in [5, 5.41) is 224. The van der Waals surface area contributed by atoms with Gasteiger partial charge in [0, 0.05) is 3.57 Å². The van der Waals surface area contributed by atoms with Crippen molar-refractivity contribution in [2.45, 2.75) is 222 Å². The van der Waals surface area contributed by atoms with Gasteiger partial charge in [0.1, 0.15) is 171 Å². The van der Waals surface area contributed by atoms with Crippen LogP contribution >= 0.6 is 22.6 Å². The van der Waals surface area contributed by atoms with Crippen LogP contribution in [-0.4, -0.2) is 376 Å². The number of halogens is 1. The molecule has 15 aliphatic heterocycles. The van der Waals surface area contributed by atoms with E-state index in [0.29, 0.717) is 9.13 Å². The second-order valence-corrected chi connectivity index (χ2v) is 23.3. The number of methoxy groups -OCH3 is 1. The largest absolute Gasteiger partial charge is 0.465 e. The average molecular weight is 1410 g/mol. The van der Waals surface area contributed by atoms with Crippen LogP contribution in [0.5, 0.6) is 0 Å². The summed E-state index contributed by atoms with van der Waals surface area (Å²) in [4.78, 5) is 12.6. The lowest BCUT2D eigenvalue weighted by Gasteiger charge is -2.50. The van der Waals surface area contributed by atoms with Gasteiger partial charge in [0.2, 0.25) is 0 Å². The first-order chi connectivity index (χ1) is 42.5. The van der Waals surface area contributed by atoms with Crippen LogP contribution in [0.1, 0.15) is 15.9 Å². The molecule has 0 amide bonds. The second kappa shape index (κ2) is 30.8. The molecule has 0 saturated carbocycles. The molecule has 0 unspecified atom stereocenters. The highest BCUT2D eigenvalue weighted by molar-refractivity contribution is 14.1.